The zero-order valence-corrected chi connectivity index (χ0v) is 6.33. The lowest BCUT2D eigenvalue weighted by Crippen LogP contribution is -2.01. The molecule has 0 atom stereocenters. The fourth-order valence-corrected chi connectivity index (χ4v) is 1.29. The van der Waals surface area contributed by atoms with Gasteiger partial charge in [0.25, 0.3) is 0 Å². The third-order valence-corrected chi connectivity index (χ3v) is 1.99. The third-order valence-electron chi connectivity index (χ3n) is 1.99. The molecule has 2 heteroatoms. The van der Waals surface area contributed by atoms with Gasteiger partial charge in [-0.3, -0.25) is 4.68 Å². The maximum atomic E-state index is 5.20. The van der Waals surface area contributed by atoms with Gasteiger partial charge >= 0.3 is 0 Å². The maximum absolute atomic E-state index is 5.20. The van der Waals surface area contributed by atoms with Crippen LogP contribution in [0.4, 0.5) is 0 Å². The van der Waals surface area contributed by atoms with Crippen LogP contribution >= 0.6 is 0 Å². The molecule has 2 nitrogen and oxygen atoms in total. The van der Waals surface area contributed by atoms with Gasteiger partial charge in [0, 0.05) is 17.8 Å². The first kappa shape index (κ1) is 6.48. The van der Waals surface area contributed by atoms with Crippen LogP contribution in [0.1, 0.15) is 24.5 Å². The van der Waals surface area contributed by atoms with Crippen LogP contribution in [0.3, 0.4) is 0 Å². The topological polar surface area (TPSA) is 17.8 Å². The summed E-state index contributed by atoms with van der Waals surface area (Å²) < 4.78 is 1.91. The summed E-state index contributed by atoms with van der Waals surface area (Å²) in [6.45, 7) is 0.610. The van der Waals surface area contributed by atoms with Crippen LogP contribution in [0.2, 0.25) is 0 Å². The number of aromatic nitrogens is 2. The molecule has 11 heavy (non-hydrogen) atoms. The average Bonchev–Trinajstić information content (AvgIpc) is 2.75. The molecule has 2 rings (SSSR count). The van der Waals surface area contributed by atoms with Crippen molar-refractivity contribution in [1.29, 1.82) is 0 Å². The van der Waals surface area contributed by atoms with Crippen molar-refractivity contribution in [3.63, 3.8) is 0 Å². The van der Waals surface area contributed by atoms with E-state index in [1.54, 1.807) is 0 Å². The van der Waals surface area contributed by atoms with Gasteiger partial charge in [-0.1, -0.05) is 5.92 Å². The molecule has 1 aromatic rings. The number of hydrogen-bond acceptors (Lipinski definition) is 1. The minimum atomic E-state index is 0.610. The van der Waals surface area contributed by atoms with E-state index >= 15 is 0 Å². The normalized spacial score (nSPS) is 16.3. The third kappa shape index (κ3) is 1.14. The zero-order chi connectivity index (χ0) is 7.68. The van der Waals surface area contributed by atoms with E-state index in [2.05, 4.69) is 17.1 Å². The summed E-state index contributed by atoms with van der Waals surface area (Å²) in [5.41, 5.74) is 1.31. The lowest BCUT2D eigenvalue weighted by Gasteiger charge is -1.99. The Morgan fingerprint density at radius 1 is 1.73 bits per heavy atom. The molecule has 1 heterocycles. The Morgan fingerprint density at radius 3 is 3.18 bits per heavy atom. The van der Waals surface area contributed by atoms with Crippen molar-refractivity contribution in [2.24, 2.45) is 0 Å². The minimum Gasteiger partial charge on any atom is -0.257 e. The molecule has 0 spiro atoms. The number of nitrogens with zero attached hydrogens (tertiary/aromatic N) is 2. The second-order valence-corrected chi connectivity index (χ2v) is 2.89. The largest absolute Gasteiger partial charge is 0.257 e. The smallest absolute Gasteiger partial charge is 0.102 e. The second kappa shape index (κ2) is 2.43. The van der Waals surface area contributed by atoms with Gasteiger partial charge in [-0.05, 0) is 18.9 Å². The van der Waals surface area contributed by atoms with Crippen molar-refractivity contribution >= 4 is 0 Å². The maximum Gasteiger partial charge on any atom is 0.102 e. The standard InChI is InChI=1S/C9H10N2/c1-2-7-11-9(5-6-10-11)8-3-4-8/h1,5-6,8H,3-4,7H2. The summed E-state index contributed by atoms with van der Waals surface area (Å²) in [6.07, 6.45) is 9.63. The molecule has 1 fully saturated rings. The van der Waals surface area contributed by atoms with E-state index in [1.165, 1.54) is 18.5 Å². The van der Waals surface area contributed by atoms with Crippen molar-refractivity contribution in [1.82, 2.24) is 9.78 Å². The monoisotopic (exact) mass is 146 g/mol. The predicted octanol–water partition coefficient (Wildman–Crippen LogP) is 1.39. The van der Waals surface area contributed by atoms with Gasteiger partial charge in [-0.25, -0.2) is 0 Å². The van der Waals surface area contributed by atoms with Crippen LogP contribution in [-0.4, -0.2) is 9.78 Å². The van der Waals surface area contributed by atoms with Crippen molar-refractivity contribution < 1.29 is 0 Å². The molecule has 1 aromatic heterocycles. The van der Waals surface area contributed by atoms with Crippen LogP contribution in [0, 0.1) is 12.3 Å². The Hall–Kier alpha value is -1.23. The van der Waals surface area contributed by atoms with Crippen LogP contribution in [0.25, 0.3) is 0 Å². The quantitative estimate of drug-likeness (QED) is 0.576. The summed E-state index contributed by atoms with van der Waals surface area (Å²) >= 11 is 0. The van der Waals surface area contributed by atoms with Gasteiger partial charge in [0.2, 0.25) is 0 Å². The highest BCUT2D eigenvalue weighted by Gasteiger charge is 2.26. The van der Waals surface area contributed by atoms with E-state index in [1.807, 2.05) is 10.9 Å². The first-order chi connectivity index (χ1) is 5.42. The Morgan fingerprint density at radius 2 is 2.55 bits per heavy atom. The van der Waals surface area contributed by atoms with Gasteiger partial charge in [0.15, 0.2) is 0 Å². The first-order valence-electron chi connectivity index (χ1n) is 3.87. The summed E-state index contributed by atoms with van der Waals surface area (Å²) in [6, 6.07) is 2.06. The highest BCUT2D eigenvalue weighted by molar-refractivity contribution is 5.14. The van der Waals surface area contributed by atoms with Gasteiger partial charge in [-0.2, -0.15) is 5.10 Å². The molecule has 0 bridgehead atoms. The van der Waals surface area contributed by atoms with E-state index in [-0.39, 0.29) is 0 Å². The Labute approximate surface area is 66.2 Å². The lowest BCUT2D eigenvalue weighted by atomic mass is 10.3. The van der Waals surface area contributed by atoms with Crippen molar-refractivity contribution in [3.8, 4) is 12.3 Å². The molecule has 0 saturated heterocycles. The van der Waals surface area contributed by atoms with E-state index in [9.17, 15) is 0 Å². The summed E-state index contributed by atoms with van der Waals surface area (Å²) in [7, 11) is 0. The van der Waals surface area contributed by atoms with E-state index < -0.39 is 0 Å². The van der Waals surface area contributed by atoms with Crippen LogP contribution in [0.5, 0.6) is 0 Å². The molecule has 0 aliphatic heterocycles. The molecule has 56 valence electrons. The zero-order valence-electron chi connectivity index (χ0n) is 6.33. The molecule has 0 radical (unpaired) electrons. The SMILES string of the molecule is C#CCn1nccc1C1CC1. The van der Waals surface area contributed by atoms with Crippen LogP contribution < -0.4 is 0 Å². The van der Waals surface area contributed by atoms with E-state index in [0.29, 0.717) is 6.54 Å². The van der Waals surface area contributed by atoms with Crippen molar-refractivity contribution in [2.45, 2.75) is 25.3 Å². The average molecular weight is 146 g/mol. The highest BCUT2D eigenvalue weighted by Crippen LogP contribution is 2.39. The number of terminal acetylenes is 1. The van der Waals surface area contributed by atoms with Crippen LogP contribution in [0.15, 0.2) is 12.3 Å². The van der Waals surface area contributed by atoms with Gasteiger partial charge in [-0.15, -0.1) is 6.42 Å². The van der Waals surface area contributed by atoms with Gasteiger partial charge in [0.1, 0.15) is 6.54 Å². The summed E-state index contributed by atoms with van der Waals surface area (Å²) in [5, 5.41) is 4.14. The fraction of sp³-hybridized carbons (Fsp3) is 0.444. The van der Waals surface area contributed by atoms with Crippen molar-refractivity contribution in [2.75, 3.05) is 0 Å². The Bertz CT molecular complexity index is 289. The molecule has 0 unspecified atom stereocenters. The second-order valence-electron chi connectivity index (χ2n) is 2.89. The molecule has 1 aliphatic rings. The molecule has 1 saturated carbocycles. The van der Waals surface area contributed by atoms with Gasteiger partial charge in [0.05, 0.1) is 0 Å². The molecular weight excluding hydrogens is 136 g/mol. The number of hydrogen-bond donors (Lipinski definition) is 0. The lowest BCUT2D eigenvalue weighted by molar-refractivity contribution is 0.670. The van der Waals surface area contributed by atoms with E-state index in [0.717, 1.165) is 5.92 Å². The van der Waals surface area contributed by atoms with Crippen molar-refractivity contribution in [3.05, 3.63) is 18.0 Å². The summed E-state index contributed by atoms with van der Waals surface area (Å²) in [4.78, 5) is 0. The summed E-state index contributed by atoms with van der Waals surface area (Å²) in [5.74, 6) is 3.34. The van der Waals surface area contributed by atoms with Gasteiger partial charge < -0.3 is 0 Å². The number of rotatable bonds is 2. The minimum absolute atomic E-state index is 0.610. The molecular formula is C9H10N2. The fourth-order valence-electron chi connectivity index (χ4n) is 1.29. The Balaban J connectivity index is 2.24. The molecule has 1 aliphatic carbocycles. The molecule has 0 amide bonds. The van der Waals surface area contributed by atoms with E-state index in [4.69, 9.17) is 6.42 Å². The molecule has 0 N–H and O–H groups in total. The van der Waals surface area contributed by atoms with Crippen LogP contribution in [-0.2, 0) is 6.54 Å². The first-order valence-corrected chi connectivity index (χ1v) is 3.87. The molecule has 0 aromatic carbocycles. The Kier molecular flexibility index (Phi) is 1.43. The highest BCUT2D eigenvalue weighted by atomic mass is 15.3. The predicted molar refractivity (Wildman–Crippen MR) is 43.0 cm³/mol.